The summed E-state index contributed by atoms with van der Waals surface area (Å²) < 4.78 is 81.0. The molecule has 5 rings (SSSR count). The summed E-state index contributed by atoms with van der Waals surface area (Å²) in [5, 5.41) is 0. The van der Waals surface area contributed by atoms with Crippen LogP contribution in [0.5, 0.6) is 0 Å². The molecule has 0 aromatic heterocycles. The minimum Gasteiger partial charge on any atom is -0.335 e. The molecule has 0 N–H and O–H groups in total. The van der Waals surface area contributed by atoms with Crippen LogP contribution in [0.2, 0.25) is 0 Å². The molecule has 0 radical (unpaired) electrons. The predicted octanol–water partition coefficient (Wildman–Crippen LogP) is 7.99. The van der Waals surface area contributed by atoms with E-state index in [1.807, 2.05) is 30.3 Å². The van der Waals surface area contributed by atoms with Crippen LogP contribution >= 0.6 is 0 Å². The number of alkyl halides is 6. The van der Waals surface area contributed by atoms with Crippen molar-refractivity contribution in [2.75, 3.05) is 19.6 Å². The highest BCUT2D eigenvalue weighted by Crippen LogP contribution is 2.45. The molecule has 3 fully saturated rings. The van der Waals surface area contributed by atoms with E-state index in [4.69, 9.17) is 0 Å². The van der Waals surface area contributed by atoms with Crippen LogP contribution in [0.25, 0.3) is 0 Å². The van der Waals surface area contributed by atoms with E-state index in [0.717, 1.165) is 18.7 Å². The zero-order valence-corrected chi connectivity index (χ0v) is 22.5. The number of hydrogen-bond donors (Lipinski definition) is 0. The van der Waals surface area contributed by atoms with E-state index in [2.05, 4.69) is 4.90 Å². The van der Waals surface area contributed by atoms with Gasteiger partial charge in [-0.1, -0.05) is 49.6 Å². The molecule has 9 heteroatoms. The maximum atomic E-state index is 13.6. The molecule has 2 heterocycles. The van der Waals surface area contributed by atoms with E-state index in [0.29, 0.717) is 43.4 Å². The Hall–Kier alpha value is -2.55. The third-order valence-electron chi connectivity index (χ3n) is 9.39. The van der Waals surface area contributed by atoms with E-state index >= 15 is 0 Å². The van der Waals surface area contributed by atoms with E-state index < -0.39 is 35.0 Å². The molecule has 218 valence electrons. The summed E-state index contributed by atoms with van der Waals surface area (Å²) >= 11 is 0. The lowest BCUT2D eigenvalue weighted by Gasteiger charge is -2.49. The molecule has 2 aromatic rings. The molecule has 2 aliphatic heterocycles. The lowest BCUT2D eigenvalue weighted by molar-refractivity contribution is -0.143. The van der Waals surface area contributed by atoms with Gasteiger partial charge in [-0.2, -0.15) is 26.3 Å². The van der Waals surface area contributed by atoms with Crippen LogP contribution in [0.15, 0.2) is 48.5 Å². The summed E-state index contributed by atoms with van der Waals surface area (Å²) in [6, 6.07) is 10.6. The molecule has 3 aliphatic rings. The normalized spacial score (nSPS) is 24.3. The number of amides is 1. The molecular weight excluding hydrogens is 530 g/mol. The van der Waals surface area contributed by atoms with Crippen molar-refractivity contribution >= 4 is 5.91 Å². The first-order valence-corrected chi connectivity index (χ1v) is 14.3. The number of carbonyl (C=O) groups is 1. The van der Waals surface area contributed by atoms with Gasteiger partial charge in [0.05, 0.1) is 11.1 Å². The fourth-order valence-electron chi connectivity index (χ4n) is 7.12. The molecule has 2 saturated heterocycles. The van der Waals surface area contributed by atoms with Crippen molar-refractivity contribution in [3.05, 3.63) is 70.8 Å². The van der Waals surface area contributed by atoms with Crippen molar-refractivity contribution in [2.45, 2.75) is 88.6 Å². The number of halogens is 6. The SMILES string of the molecule is O=C(c1cc(C(F)(F)F)cc(C(F)(F)F)c1)N1CCC(N2CCC3(CCCCC3)CC2)CC1Cc1ccccc1. The highest BCUT2D eigenvalue weighted by molar-refractivity contribution is 5.95. The zero-order valence-electron chi connectivity index (χ0n) is 22.5. The maximum Gasteiger partial charge on any atom is 0.416 e. The van der Waals surface area contributed by atoms with Crippen LogP contribution in [0, 0.1) is 5.41 Å². The van der Waals surface area contributed by atoms with Crippen LogP contribution in [0.3, 0.4) is 0 Å². The number of piperidine rings is 2. The Balaban J connectivity index is 1.38. The minimum absolute atomic E-state index is 0.0694. The third kappa shape index (κ3) is 6.50. The van der Waals surface area contributed by atoms with Gasteiger partial charge in [0, 0.05) is 24.2 Å². The van der Waals surface area contributed by atoms with Crippen molar-refractivity contribution in [2.24, 2.45) is 5.41 Å². The molecule has 3 nitrogen and oxygen atoms in total. The summed E-state index contributed by atoms with van der Waals surface area (Å²) in [7, 11) is 0. The Kier molecular flexibility index (Phi) is 8.24. The second-order valence-corrected chi connectivity index (χ2v) is 11.9. The number of rotatable bonds is 4. The highest BCUT2D eigenvalue weighted by Gasteiger charge is 2.42. The molecule has 2 aromatic carbocycles. The van der Waals surface area contributed by atoms with Gasteiger partial charge in [0.15, 0.2) is 0 Å². The van der Waals surface area contributed by atoms with Gasteiger partial charge in [-0.3, -0.25) is 4.79 Å². The van der Waals surface area contributed by atoms with Gasteiger partial charge in [0.1, 0.15) is 0 Å². The van der Waals surface area contributed by atoms with E-state index in [1.165, 1.54) is 49.8 Å². The number of carbonyl (C=O) groups excluding carboxylic acids is 1. The smallest absolute Gasteiger partial charge is 0.335 e. The number of likely N-dealkylation sites (tertiary alicyclic amines) is 2. The second kappa shape index (κ2) is 11.4. The van der Waals surface area contributed by atoms with Gasteiger partial charge in [0.2, 0.25) is 0 Å². The van der Waals surface area contributed by atoms with Crippen molar-refractivity contribution in [3.8, 4) is 0 Å². The number of hydrogen-bond acceptors (Lipinski definition) is 2. The Morgan fingerprint density at radius 2 is 1.40 bits per heavy atom. The average Bonchev–Trinajstić information content (AvgIpc) is 2.93. The molecule has 0 bridgehead atoms. The Bertz CT molecular complexity index is 1130. The zero-order chi connectivity index (χ0) is 28.5. The van der Waals surface area contributed by atoms with Gasteiger partial charge in [0.25, 0.3) is 5.91 Å². The summed E-state index contributed by atoms with van der Waals surface area (Å²) in [4.78, 5) is 17.6. The van der Waals surface area contributed by atoms with Crippen molar-refractivity contribution < 1.29 is 31.1 Å². The fraction of sp³-hybridized carbons (Fsp3) is 0.581. The molecule has 2 atom stereocenters. The first-order valence-electron chi connectivity index (χ1n) is 14.3. The van der Waals surface area contributed by atoms with Gasteiger partial charge in [-0.25, -0.2) is 0 Å². The molecule has 2 unspecified atom stereocenters. The average molecular weight is 567 g/mol. The first kappa shape index (κ1) is 29.0. The topological polar surface area (TPSA) is 23.6 Å². The summed E-state index contributed by atoms with van der Waals surface area (Å²) in [5.41, 5.74) is -2.08. The van der Waals surface area contributed by atoms with Crippen molar-refractivity contribution in [3.63, 3.8) is 0 Å². The van der Waals surface area contributed by atoms with Gasteiger partial charge in [-0.05, 0) is 87.2 Å². The third-order valence-corrected chi connectivity index (χ3v) is 9.39. The van der Waals surface area contributed by atoms with Gasteiger partial charge < -0.3 is 9.80 Å². The molecule has 1 saturated carbocycles. The quantitative estimate of drug-likeness (QED) is 0.350. The molecule has 1 aliphatic carbocycles. The van der Waals surface area contributed by atoms with Gasteiger partial charge in [-0.15, -0.1) is 0 Å². The minimum atomic E-state index is -5.00. The molecule has 1 amide bonds. The van der Waals surface area contributed by atoms with E-state index in [9.17, 15) is 31.1 Å². The standard InChI is InChI=1S/C31H36F6N2O/c32-30(33,34)24-18-23(19-25(20-24)31(35,36)37)28(40)39-14-9-26(21-27(39)17-22-7-3-1-4-8-22)38-15-12-29(13-16-38)10-5-2-6-11-29/h1,3-4,7-8,18-20,26-27H,2,5-6,9-17,21H2. The van der Waals surface area contributed by atoms with Crippen molar-refractivity contribution in [1.82, 2.24) is 9.80 Å². The summed E-state index contributed by atoms with van der Waals surface area (Å²) in [6.07, 6.45) is 0.599. The van der Waals surface area contributed by atoms with Crippen LogP contribution in [0.1, 0.15) is 84.8 Å². The molecule has 1 spiro atoms. The lowest BCUT2D eigenvalue weighted by Crippen LogP contribution is -2.55. The lowest BCUT2D eigenvalue weighted by atomic mass is 9.68. The van der Waals surface area contributed by atoms with Gasteiger partial charge >= 0.3 is 12.4 Å². The Morgan fingerprint density at radius 3 is 1.98 bits per heavy atom. The fourth-order valence-corrected chi connectivity index (χ4v) is 7.12. The summed E-state index contributed by atoms with van der Waals surface area (Å²) in [5.74, 6) is -0.782. The Labute approximate surface area is 231 Å². The first-order chi connectivity index (χ1) is 18.9. The second-order valence-electron chi connectivity index (χ2n) is 11.9. The van der Waals surface area contributed by atoms with Crippen LogP contribution < -0.4 is 0 Å². The number of benzene rings is 2. The monoisotopic (exact) mass is 566 g/mol. The van der Waals surface area contributed by atoms with Crippen LogP contribution in [-0.4, -0.2) is 47.4 Å². The Morgan fingerprint density at radius 1 is 0.800 bits per heavy atom. The predicted molar refractivity (Wildman–Crippen MR) is 141 cm³/mol. The largest absolute Gasteiger partial charge is 0.416 e. The van der Waals surface area contributed by atoms with Crippen LogP contribution in [0.4, 0.5) is 26.3 Å². The van der Waals surface area contributed by atoms with E-state index in [-0.39, 0.29) is 18.2 Å². The molecular formula is C31H36F6N2O. The highest BCUT2D eigenvalue weighted by atomic mass is 19.4. The number of nitrogens with zero attached hydrogens (tertiary/aromatic N) is 2. The van der Waals surface area contributed by atoms with Crippen LogP contribution in [-0.2, 0) is 18.8 Å². The van der Waals surface area contributed by atoms with Crippen molar-refractivity contribution in [1.29, 1.82) is 0 Å². The maximum absolute atomic E-state index is 13.6. The molecule has 40 heavy (non-hydrogen) atoms. The summed E-state index contributed by atoms with van der Waals surface area (Å²) in [6.45, 7) is 2.29. The van der Waals surface area contributed by atoms with E-state index in [1.54, 1.807) is 0 Å².